The molecule has 0 unspecified atom stereocenters. The quantitative estimate of drug-likeness (QED) is 0.541. The third-order valence-corrected chi connectivity index (χ3v) is 1.73. The Morgan fingerprint density at radius 2 is 2.33 bits per heavy atom. The minimum Gasteiger partial charge on any atom is -0.393 e. The molecule has 12 heavy (non-hydrogen) atoms. The number of hydrogen-bond donors (Lipinski definition) is 1. The third-order valence-electron chi connectivity index (χ3n) is 1.53. The summed E-state index contributed by atoms with van der Waals surface area (Å²) >= 11 is 4.75. The fraction of sp³-hybridized carbons (Fsp3) is 0.571. The van der Waals surface area contributed by atoms with Crippen molar-refractivity contribution in [2.75, 3.05) is 0 Å². The lowest BCUT2D eigenvalue weighted by molar-refractivity contribution is 0.563. The van der Waals surface area contributed by atoms with Gasteiger partial charge in [0.15, 0.2) is 0 Å². The first kappa shape index (κ1) is 9.12. The van der Waals surface area contributed by atoms with Crippen LogP contribution in [-0.2, 0) is 6.54 Å². The smallest absolute Gasteiger partial charge is 0.137 e. The average Bonchev–Trinajstić information content (AvgIpc) is 2.49. The van der Waals surface area contributed by atoms with E-state index in [0.717, 1.165) is 25.8 Å². The van der Waals surface area contributed by atoms with E-state index in [1.807, 2.05) is 0 Å². The monoisotopic (exact) mass is 184 g/mol. The zero-order valence-corrected chi connectivity index (χ0v) is 7.63. The molecular formula is C7H12N4S. The number of unbranched alkanes of at least 4 members (excludes halogenated alkanes) is 1. The zero-order chi connectivity index (χ0) is 8.81. The lowest BCUT2D eigenvalue weighted by Crippen LogP contribution is -2.07. The van der Waals surface area contributed by atoms with Crippen LogP contribution in [0.5, 0.6) is 0 Å². The van der Waals surface area contributed by atoms with Crippen molar-refractivity contribution >= 4 is 17.2 Å². The first-order valence-corrected chi connectivity index (χ1v) is 4.30. The molecule has 0 spiro atoms. The molecule has 0 amide bonds. The van der Waals surface area contributed by atoms with Crippen molar-refractivity contribution < 1.29 is 0 Å². The maximum absolute atomic E-state index is 5.35. The van der Waals surface area contributed by atoms with Crippen LogP contribution in [-0.4, -0.2) is 19.8 Å². The summed E-state index contributed by atoms with van der Waals surface area (Å²) in [6.07, 6.45) is 6.13. The highest BCUT2D eigenvalue weighted by atomic mass is 32.1. The van der Waals surface area contributed by atoms with Gasteiger partial charge in [0.2, 0.25) is 0 Å². The lowest BCUT2D eigenvalue weighted by atomic mass is 10.2. The van der Waals surface area contributed by atoms with Gasteiger partial charge in [0.1, 0.15) is 12.7 Å². The van der Waals surface area contributed by atoms with E-state index in [1.165, 1.54) is 6.33 Å². The highest BCUT2D eigenvalue weighted by molar-refractivity contribution is 7.80. The largest absolute Gasteiger partial charge is 0.393 e. The van der Waals surface area contributed by atoms with Crippen LogP contribution >= 0.6 is 12.2 Å². The Bertz CT molecular complexity index is 232. The fourth-order valence-electron chi connectivity index (χ4n) is 0.921. The second kappa shape index (κ2) is 4.82. The minimum atomic E-state index is 0.591. The van der Waals surface area contributed by atoms with Gasteiger partial charge in [-0.05, 0) is 19.3 Å². The molecule has 0 bridgehead atoms. The van der Waals surface area contributed by atoms with Crippen molar-refractivity contribution in [1.29, 1.82) is 0 Å². The molecule has 0 atom stereocenters. The fourth-order valence-corrected chi connectivity index (χ4v) is 1.07. The van der Waals surface area contributed by atoms with Crippen molar-refractivity contribution in [3.05, 3.63) is 12.7 Å². The predicted octanol–water partition coefficient (Wildman–Crippen LogP) is 0.735. The van der Waals surface area contributed by atoms with Gasteiger partial charge in [-0.1, -0.05) is 12.2 Å². The first-order chi connectivity index (χ1) is 5.79. The van der Waals surface area contributed by atoms with Crippen LogP contribution in [0.15, 0.2) is 12.7 Å². The number of rotatable bonds is 5. The molecule has 0 saturated heterocycles. The number of thiocarbonyl (C=S) groups is 1. The van der Waals surface area contributed by atoms with Crippen LogP contribution < -0.4 is 5.73 Å². The van der Waals surface area contributed by atoms with Gasteiger partial charge in [0, 0.05) is 6.54 Å². The maximum Gasteiger partial charge on any atom is 0.137 e. The average molecular weight is 184 g/mol. The highest BCUT2D eigenvalue weighted by Crippen LogP contribution is 1.97. The molecule has 0 radical (unpaired) electrons. The highest BCUT2D eigenvalue weighted by Gasteiger charge is 1.93. The molecule has 5 heteroatoms. The van der Waals surface area contributed by atoms with Gasteiger partial charge in [-0.3, -0.25) is 4.68 Å². The van der Waals surface area contributed by atoms with E-state index in [-0.39, 0.29) is 0 Å². The molecule has 1 aromatic heterocycles. The molecule has 66 valence electrons. The summed E-state index contributed by atoms with van der Waals surface area (Å²) < 4.78 is 1.81. The Hall–Kier alpha value is -0.970. The molecule has 0 aromatic carbocycles. The summed E-state index contributed by atoms with van der Waals surface area (Å²) in [5.74, 6) is 0. The summed E-state index contributed by atoms with van der Waals surface area (Å²) in [5, 5.41) is 3.97. The van der Waals surface area contributed by atoms with Crippen molar-refractivity contribution in [2.45, 2.75) is 25.8 Å². The summed E-state index contributed by atoms with van der Waals surface area (Å²) in [4.78, 5) is 4.43. The topological polar surface area (TPSA) is 56.7 Å². The summed E-state index contributed by atoms with van der Waals surface area (Å²) in [7, 11) is 0. The number of hydrogen-bond acceptors (Lipinski definition) is 3. The van der Waals surface area contributed by atoms with Gasteiger partial charge in [-0.25, -0.2) is 4.98 Å². The van der Waals surface area contributed by atoms with E-state index >= 15 is 0 Å². The number of nitrogens with zero attached hydrogens (tertiary/aromatic N) is 3. The predicted molar refractivity (Wildman–Crippen MR) is 50.7 cm³/mol. The zero-order valence-electron chi connectivity index (χ0n) is 6.81. The van der Waals surface area contributed by atoms with E-state index in [1.54, 1.807) is 11.0 Å². The Kier molecular flexibility index (Phi) is 3.66. The van der Waals surface area contributed by atoms with Crippen molar-refractivity contribution in [3.8, 4) is 0 Å². The minimum absolute atomic E-state index is 0.591. The standard InChI is InChI=1S/C7H12N4S/c8-7(12)3-1-2-4-11-6-9-5-10-11/h5-6H,1-4H2,(H2,8,12). The Morgan fingerprint density at radius 3 is 2.92 bits per heavy atom. The van der Waals surface area contributed by atoms with E-state index in [4.69, 9.17) is 18.0 Å². The van der Waals surface area contributed by atoms with Crippen LogP contribution in [0.25, 0.3) is 0 Å². The van der Waals surface area contributed by atoms with Gasteiger partial charge >= 0.3 is 0 Å². The summed E-state index contributed by atoms with van der Waals surface area (Å²) in [5.41, 5.74) is 5.35. The van der Waals surface area contributed by atoms with Crippen LogP contribution in [0.3, 0.4) is 0 Å². The van der Waals surface area contributed by atoms with Crippen molar-refractivity contribution in [1.82, 2.24) is 14.8 Å². The van der Waals surface area contributed by atoms with E-state index in [2.05, 4.69) is 10.1 Å². The first-order valence-electron chi connectivity index (χ1n) is 3.90. The molecule has 1 rings (SSSR count). The molecule has 2 N–H and O–H groups in total. The number of aromatic nitrogens is 3. The third kappa shape index (κ3) is 3.43. The van der Waals surface area contributed by atoms with E-state index < -0.39 is 0 Å². The van der Waals surface area contributed by atoms with E-state index in [9.17, 15) is 0 Å². The van der Waals surface area contributed by atoms with Crippen LogP contribution in [0.2, 0.25) is 0 Å². The molecule has 0 saturated carbocycles. The van der Waals surface area contributed by atoms with Crippen molar-refractivity contribution in [2.24, 2.45) is 5.73 Å². The molecule has 0 aliphatic rings. The molecule has 1 heterocycles. The Morgan fingerprint density at radius 1 is 1.50 bits per heavy atom. The maximum atomic E-state index is 5.35. The summed E-state index contributed by atoms with van der Waals surface area (Å²) in [6.45, 7) is 0.891. The SMILES string of the molecule is NC(=S)CCCCn1cncn1. The number of aryl methyl sites for hydroxylation is 1. The molecule has 1 aromatic rings. The van der Waals surface area contributed by atoms with Crippen LogP contribution in [0, 0.1) is 0 Å². The Balaban J connectivity index is 2.07. The van der Waals surface area contributed by atoms with Gasteiger partial charge in [-0.15, -0.1) is 0 Å². The molecular weight excluding hydrogens is 172 g/mol. The van der Waals surface area contributed by atoms with Crippen LogP contribution in [0.1, 0.15) is 19.3 Å². The van der Waals surface area contributed by atoms with Crippen LogP contribution in [0.4, 0.5) is 0 Å². The normalized spacial score (nSPS) is 10.0. The molecule has 0 fully saturated rings. The molecule has 0 aliphatic heterocycles. The van der Waals surface area contributed by atoms with E-state index in [0.29, 0.717) is 4.99 Å². The Labute approximate surface area is 76.8 Å². The van der Waals surface area contributed by atoms with Gasteiger partial charge in [-0.2, -0.15) is 5.10 Å². The number of nitrogens with two attached hydrogens (primary N) is 1. The second-order valence-corrected chi connectivity index (χ2v) is 3.11. The van der Waals surface area contributed by atoms with Gasteiger partial charge < -0.3 is 5.73 Å². The lowest BCUT2D eigenvalue weighted by Gasteiger charge is -1.99. The molecule has 0 aliphatic carbocycles. The van der Waals surface area contributed by atoms with Crippen molar-refractivity contribution in [3.63, 3.8) is 0 Å². The summed E-state index contributed by atoms with van der Waals surface area (Å²) in [6, 6.07) is 0. The van der Waals surface area contributed by atoms with Gasteiger partial charge in [0.25, 0.3) is 0 Å². The molecule has 4 nitrogen and oxygen atoms in total. The van der Waals surface area contributed by atoms with Gasteiger partial charge in [0.05, 0.1) is 4.99 Å². The second-order valence-electron chi connectivity index (χ2n) is 2.58.